The van der Waals surface area contributed by atoms with Gasteiger partial charge in [-0.15, -0.1) is 6.58 Å². The van der Waals surface area contributed by atoms with Crippen LogP contribution in [0.2, 0.25) is 0 Å². The normalized spacial score (nSPS) is 10.0. The Morgan fingerprint density at radius 3 is 3.00 bits per heavy atom. The number of ether oxygens (including phenoxy) is 1. The molecule has 0 saturated carbocycles. The third kappa shape index (κ3) is 3.85. The molecule has 0 radical (unpaired) electrons. The van der Waals surface area contributed by atoms with E-state index in [1.807, 2.05) is 13.0 Å². The van der Waals surface area contributed by atoms with E-state index in [9.17, 15) is 4.79 Å². The summed E-state index contributed by atoms with van der Waals surface area (Å²) in [5.74, 6) is -0.706. The SMILES string of the molecule is C=CCCCOc1nc(C(=O)O)c(Br)cc1C. The number of hydrogen-bond donors (Lipinski definition) is 1. The van der Waals surface area contributed by atoms with E-state index in [1.165, 1.54) is 0 Å². The molecular formula is C12H14BrNO3. The highest BCUT2D eigenvalue weighted by atomic mass is 79.9. The third-order valence-corrected chi connectivity index (χ3v) is 2.72. The van der Waals surface area contributed by atoms with Crippen molar-refractivity contribution < 1.29 is 14.6 Å². The molecule has 5 heteroatoms. The zero-order chi connectivity index (χ0) is 12.8. The Kier molecular flexibility index (Phi) is 5.15. The van der Waals surface area contributed by atoms with Gasteiger partial charge in [-0.05, 0) is 41.8 Å². The molecule has 0 unspecified atom stereocenters. The van der Waals surface area contributed by atoms with Crippen LogP contribution in [0, 0.1) is 6.92 Å². The van der Waals surface area contributed by atoms with E-state index in [2.05, 4.69) is 27.5 Å². The smallest absolute Gasteiger partial charge is 0.355 e. The molecule has 0 aliphatic rings. The molecule has 1 aromatic heterocycles. The van der Waals surface area contributed by atoms with Crippen LogP contribution in [0.15, 0.2) is 23.2 Å². The minimum Gasteiger partial charge on any atom is -0.477 e. The van der Waals surface area contributed by atoms with Crippen molar-refractivity contribution in [1.29, 1.82) is 0 Å². The molecule has 1 N–H and O–H groups in total. The highest BCUT2D eigenvalue weighted by Crippen LogP contribution is 2.23. The fourth-order valence-corrected chi connectivity index (χ4v) is 1.86. The number of halogens is 1. The molecular weight excluding hydrogens is 286 g/mol. The molecule has 1 rings (SSSR count). The number of unbranched alkanes of at least 4 members (excludes halogenated alkanes) is 1. The van der Waals surface area contributed by atoms with Gasteiger partial charge in [-0.2, -0.15) is 0 Å². The standard InChI is InChI=1S/C12H14BrNO3/c1-3-4-5-6-17-11-8(2)7-9(13)10(14-11)12(15)16/h3,7H,1,4-6H2,2H3,(H,15,16). The number of carboxylic acid groups (broad SMARTS) is 1. The van der Waals surface area contributed by atoms with Crippen molar-refractivity contribution in [2.24, 2.45) is 0 Å². The first-order valence-electron chi connectivity index (χ1n) is 5.20. The second kappa shape index (κ2) is 6.39. The number of hydrogen-bond acceptors (Lipinski definition) is 3. The molecule has 0 saturated heterocycles. The molecule has 0 spiro atoms. The van der Waals surface area contributed by atoms with Crippen molar-refractivity contribution >= 4 is 21.9 Å². The predicted molar refractivity (Wildman–Crippen MR) is 68.6 cm³/mol. The van der Waals surface area contributed by atoms with Crippen molar-refractivity contribution in [3.8, 4) is 5.88 Å². The van der Waals surface area contributed by atoms with Crippen molar-refractivity contribution in [3.05, 3.63) is 34.5 Å². The Hall–Kier alpha value is -1.36. The summed E-state index contributed by atoms with van der Waals surface area (Å²) in [5.41, 5.74) is 0.773. The van der Waals surface area contributed by atoms with Gasteiger partial charge in [-0.1, -0.05) is 6.08 Å². The maximum Gasteiger partial charge on any atom is 0.355 e. The molecule has 1 heterocycles. The number of aromatic nitrogens is 1. The first kappa shape index (κ1) is 13.7. The topological polar surface area (TPSA) is 59.4 Å². The molecule has 92 valence electrons. The van der Waals surface area contributed by atoms with Crippen LogP contribution in [0.25, 0.3) is 0 Å². The molecule has 0 atom stereocenters. The van der Waals surface area contributed by atoms with Gasteiger partial charge in [-0.3, -0.25) is 0 Å². The Morgan fingerprint density at radius 2 is 2.41 bits per heavy atom. The summed E-state index contributed by atoms with van der Waals surface area (Å²) in [6.45, 7) is 5.94. The summed E-state index contributed by atoms with van der Waals surface area (Å²) in [4.78, 5) is 14.9. The van der Waals surface area contributed by atoms with Crippen molar-refractivity contribution in [2.75, 3.05) is 6.61 Å². The van der Waals surface area contributed by atoms with E-state index in [0.717, 1.165) is 18.4 Å². The van der Waals surface area contributed by atoms with E-state index in [0.29, 0.717) is 17.0 Å². The first-order chi connectivity index (χ1) is 8.06. The molecule has 0 bridgehead atoms. The fourth-order valence-electron chi connectivity index (χ4n) is 1.26. The number of carbonyl (C=O) groups is 1. The lowest BCUT2D eigenvalue weighted by Crippen LogP contribution is -2.07. The summed E-state index contributed by atoms with van der Waals surface area (Å²) in [7, 11) is 0. The van der Waals surface area contributed by atoms with Gasteiger partial charge in [0.2, 0.25) is 5.88 Å². The number of pyridine rings is 1. The lowest BCUT2D eigenvalue weighted by molar-refractivity contribution is 0.0688. The van der Waals surface area contributed by atoms with Crippen LogP contribution in [0.4, 0.5) is 0 Å². The van der Waals surface area contributed by atoms with Crippen LogP contribution in [0.1, 0.15) is 28.9 Å². The maximum absolute atomic E-state index is 10.9. The fraction of sp³-hybridized carbons (Fsp3) is 0.333. The largest absolute Gasteiger partial charge is 0.477 e. The van der Waals surface area contributed by atoms with Gasteiger partial charge in [-0.25, -0.2) is 9.78 Å². The van der Waals surface area contributed by atoms with Crippen LogP contribution >= 0.6 is 15.9 Å². The number of rotatable bonds is 6. The van der Waals surface area contributed by atoms with Gasteiger partial charge in [0.15, 0.2) is 5.69 Å². The van der Waals surface area contributed by atoms with Crippen molar-refractivity contribution in [2.45, 2.75) is 19.8 Å². The van der Waals surface area contributed by atoms with E-state index >= 15 is 0 Å². The Morgan fingerprint density at radius 1 is 1.71 bits per heavy atom. The van der Waals surface area contributed by atoms with E-state index < -0.39 is 5.97 Å². The number of aromatic carboxylic acids is 1. The van der Waals surface area contributed by atoms with Gasteiger partial charge < -0.3 is 9.84 Å². The van der Waals surface area contributed by atoms with Gasteiger partial charge in [0, 0.05) is 5.56 Å². The van der Waals surface area contributed by atoms with Crippen LogP contribution < -0.4 is 4.74 Å². The Labute approximate surface area is 108 Å². The minimum absolute atomic E-state index is 0.0330. The predicted octanol–water partition coefficient (Wildman–Crippen LogP) is 3.20. The second-order valence-electron chi connectivity index (χ2n) is 3.53. The zero-order valence-corrected chi connectivity index (χ0v) is 11.2. The second-order valence-corrected chi connectivity index (χ2v) is 4.38. The van der Waals surface area contributed by atoms with E-state index in [-0.39, 0.29) is 5.69 Å². The average Bonchev–Trinajstić information content (AvgIpc) is 2.26. The van der Waals surface area contributed by atoms with Gasteiger partial charge in [0.1, 0.15) is 0 Å². The average molecular weight is 300 g/mol. The lowest BCUT2D eigenvalue weighted by Gasteiger charge is -2.09. The van der Waals surface area contributed by atoms with Crippen LogP contribution in [-0.2, 0) is 0 Å². The first-order valence-corrected chi connectivity index (χ1v) is 5.99. The number of allylic oxidation sites excluding steroid dienone is 1. The number of carboxylic acids is 1. The van der Waals surface area contributed by atoms with Crippen molar-refractivity contribution in [1.82, 2.24) is 4.98 Å². The zero-order valence-electron chi connectivity index (χ0n) is 9.57. The van der Waals surface area contributed by atoms with Crippen molar-refractivity contribution in [3.63, 3.8) is 0 Å². The molecule has 0 aliphatic carbocycles. The third-order valence-electron chi connectivity index (χ3n) is 2.11. The van der Waals surface area contributed by atoms with E-state index in [1.54, 1.807) is 6.07 Å². The number of aryl methyl sites for hydroxylation is 1. The monoisotopic (exact) mass is 299 g/mol. The summed E-state index contributed by atoms with van der Waals surface area (Å²) < 4.78 is 5.90. The molecule has 0 amide bonds. The van der Waals surface area contributed by atoms with Crippen LogP contribution in [-0.4, -0.2) is 22.7 Å². The highest BCUT2D eigenvalue weighted by Gasteiger charge is 2.14. The summed E-state index contributed by atoms with van der Waals surface area (Å²) in [5, 5.41) is 8.93. The Balaban J connectivity index is 2.81. The maximum atomic E-state index is 10.9. The van der Waals surface area contributed by atoms with Crippen LogP contribution in [0.5, 0.6) is 5.88 Å². The Bertz CT molecular complexity index is 432. The summed E-state index contributed by atoms with van der Waals surface area (Å²) in [6, 6.07) is 1.69. The summed E-state index contributed by atoms with van der Waals surface area (Å²) in [6.07, 6.45) is 3.51. The number of nitrogens with zero attached hydrogens (tertiary/aromatic N) is 1. The molecule has 4 nitrogen and oxygen atoms in total. The van der Waals surface area contributed by atoms with Crippen LogP contribution in [0.3, 0.4) is 0 Å². The summed E-state index contributed by atoms with van der Waals surface area (Å²) >= 11 is 3.16. The van der Waals surface area contributed by atoms with Gasteiger partial charge >= 0.3 is 5.97 Å². The molecule has 0 fully saturated rings. The van der Waals surface area contributed by atoms with E-state index in [4.69, 9.17) is 9.84 Å². The lowest BCUT2D eigenvalue weighted by atomic mass is 10.2. The highest BCUT2D eigenvalue weighted by molar-refractivity contribution is 9.10. The van der Waals surface area contributed by atoms with Gasteiger partial charge in [0.25, 0.3) is 0 Å². The molecule has 1 aromatic rings. The minimum atomic E-state index is -1.08. The molecule has 0 aromatic carbocycles. The quantitative estimate of drug-likeness (QED) is 0.647. The van der Waals surface area contributed by atoms with Gasteiger partial charge in [0.05, 0.1) is 11.1 Å². The molecule has 0 aliphatic heterocycles. The molecule has 17 heavy (non-hydrogen) atoms.